The number of hydrogen-bond acceptors (Lipinski definition) is 4. The highest BCUT2D eigenvalue weighted by molar-refractivity contribution is 7.82. The molecule has 0 bridgehead atoms. The average Bonchev–Trinajstić information content (AvgIpc) is 2.89. The Labute approximate surface area is 121 Å². The highest BCUT2D eigenvalue weighted by Crippen LogP contribution is 2.13. The Hall–Kier alpha value is -1.99. The third-order valence-corrected chi connectivity index (χ3v) is 3.56. The standard InChI is InChI=1S/C13H14N4O2S/c18-11(12(20)17-5-7-19-8-6-17)16-13-14-9-3-1-2-4-10(9)15-13/h1-4H,5-8H2,(H2,14,15,16,18). The lowest BCUT2D eigenvalue weighted by Gasteiger charge is -2.28. The molecule has 104 valence electrons. The summed E-state index contributed by atoms with van der Waals surface area (Å²) in [7, 11) is 0. The van der Waals surface area contributed by atoms with Gasteiger partial charge in [0, 0.05) is 13.1 Å². The lowest BCUT2D eigenvalue weighted by atomic mass is 10.3. The van der Waals surface area contributed by atoms with Crippen LogP contribution >= 0.6 is 12.2 Å². The largest absolute Gasteiger partial charge is 0.378 e. The Morgan fingerprint density at radius 3 is 2.85 bits per heavy atom. The molecule has 3 rings (SSSR count). The lowest BCUT2D eigenvalue weighted by molar-refractivity contribution is -0.111. The summed E-state index contributed by atoms with van der Waals surface area (Å²) in [6, 6.07) is 7.58. The molecule has 1 aliphatic rings. The van der Waals surface area contributed by atoms with Crippen molar-refractivity contribution in [3.63, 3.8) is 0 Å². The number of nitrogens with zero attached hydrogens (tertiary/aromatic N) is 2. The summed E-state index contributed by atoms with van der Waals surface area (Å²) in [4.78, 5) is 21.5. The number of amides is 1. The third-order valence-electron chi connectivity index (χ3n) is 3.11. The molecule has 2 aromatic rings. The molecule has 0 radical (unpaired) electrons. The second-order valence-corrected chi connectivity index (χ2v) is 4.85. The van der Waals surface area contributed by atoms with Crippen LogP contribution in [0, 0.1) is 0 Å². The Morgan fingerprint density at radius 2 is 2.10 bits per heavy atom. The number of fused-ring (bicyclic) bond motifs is 1. The summed E-state index contributed by atoms with van der Waals surface area (Å²) >= 11 is 5.19. The van der Waals surface area contributed by atoms with Crippen LogP contribution in [-0.2, 0) is 9.53 Å². The number of imidazole rings is 1. The number of aromatic nitrogens is 2. The predicted molar refractivity (Wildman–Crippen MR) is 79.7 cm³/mol. The summed E-state index contributed by atoms with van der Waals surface area (Å²) < 4.78 is 5.24. The zero-order chi connectivity index (χ0) is 13.9. The van der Waals surface area contributed by atoms with E-state index in [1.54, 1.807) is 0 Å². The van der Waals surface area contributed by atoms with E-state index in [9.17, 15) is 4.79 Å². The van der Waals surface area contributed by atoms with E-state index in [1.165, 1.54) is 0 Å². The Kier molecular flexibility index (Phi) is 3.62. The van der Waals surface area contributed by atoms with Crippen LogP contribution in [0.3, 0.4) is 0 Å². The highest BCUT2D eigenvalue weighted by Gasteiger charge is 2.20. The Morgan fingerprint density at radius 1 is 1.35 bits per heavy atom. The molecule has 1 aromatic carbocycles. The van der Waals surface area contributed by atoms with E-state index in [-0.39, 0.29) is 10.9 Å². The van der Waals surface area contributed by atoms with Crippen LogP contribution in [0.2, 0.25) is 0 Å². The number of rotatable bonds is 1. The minimum absolute atomic E-state index is 0.272. The molecule has 6 nitrogen and oxygen atoms in total. The summed E-state index contributed by atoms with van der Waals surface area (Å²) in [6.07, 6.45) is 0. The molecule has 0 saturated carbocycles. The molecule has 1 fully saturated rings. The first-order valence-corrected chi connectivity index (χ1v) is 6.77. The number of morpholine rings is 1. The van der Waals surface area contributed by atoms with E-state index < -0.39 is 0 Å². The molecular weight excluding hydrogens is 276 g/mol. The maximum absolute atomic E-state index is 12.1. The minimum atomic E-state index is -0.319. The predicted octanol–water partition coefficient (Wildman–Crippen LogP) is 1.16. The van der Waals surface area contributed by atoms with Gasteiger partial charge in [0.25, 0.3) is 5.91 Å². The van der Waals surface area contributed by atoms with E-state index in [4.69, 9.17) is 17.0 Å². The quantitative estimate of drug-likeness (QED) is 0.771. The molecule has 0 aliphatic carbocycles. The summed E-state index contributed by atoms with van der Waals surface area (Å²) in [6.45, 7) is 2.48. The number of benzene rings is 1. The van der Waals surface area contributed by atoms with Gasteiger partial charge >= 0.3 is 0 Å². The number of H-pyrrole nitrogens is 1. The van der Waals surface area contributed by atoms with Gasteiger partial charge in [0.05, 0.1) is 24.2 Å². The zero-order valence-corrected chi connectivity index (χ0v) is 11.6. The number of ether oxygens (including phenoxy) is 1. The summed E-state index contributed by atoms with van der Waals surface area (Å²) in [5.41, 5.74) is 1.68. The Balaban J connectivity index is 1.70. The first-order valence-electron chi connectivity index (χ1n) is 6.37. The fourth-order valence-electron chi connectivity index (χ4n) is 2.08. The minimum Gasteiger partial charge on any atom is -0.378 e. The fraction of sp³-hybridized carbons (Fsp3) is 0.308. The molecule has 0 atom stereocenters. The molecule has 0 unspecified atom stereocenters. The first-order chi connectivity index (χ1) is 9.74. The molecule has 1 amide bonds. The van der Waals surface area contributed by atoms with Crippen LogP contribution in [0.5, 0.6) is 0 Å². The van der Waals surface area contributed by atoms with Crippen LogP contribution < -0.4 is 5.32 Å². The fourth-order valence-corrected chi connectivity index (χ4v) is 2.32. The van der Waals surface area contributed by atoms with Crippen molar-refractivity contribution in [2.75, 3.05) is 31.6 Å². The van der Waals surface area contributed by atoms with Crippen molar-refractivity contribution in [3.05, 3.63) is 24.3 Å². The van der Waals surface area contributed by atoms with E-state index in [1.807, 2.05) is 29.2 Å². The van der Waals surface area contributed by atoms with Gasteiger partial charge in [-0.15, -0.1) is 0 Å². The number of carbonyl (C=O) groups is 1. The van der Waals surface area contributed by atoms with Crippen LogP contribution in [0.1, 0.15) is 0 Å². The average molecular weight is 290 g/mol. The van der Waals surface area contributed by atoms with Crippen molar-refractivity contribution in [2.45, 2.75) is 0 Å². The van der Waals surface area contributed by atoms with Gasteiger partial charge < -0.3 is 14.6 Å². The van der Waals surface area contributed by atoms with Crippen LogP contribution in [0.4, 0.5) is 5.95 Å². The van der Waals surface area contributed by atoms with Crippen molar-refractivity contribution in [3.8, 4) is 0 Å². The maximum Gasteiger partial charge on any atom is 0.285 e. The van der Waals surface area contributed by atoms with Crippen LogP contribution in [0.15, 0.2) is 24.3 Å². The van der Waals surface area contributed by atoms with Gasteiger partial charge in [-0.1, -0.05) is 24.4 Å². The second-order valence-electron chi connectivity index (χ2n) is 4.46. The van der Waals surface area contributed by atoms with E-state index in [2.05, 4.69) is 15.3 Å². The van der Waals surface area contributed by atoms with Gasteiger partial charge in [0.1, 0.15) is 0 Å². The number of carbonyl (C=O) groups excluding carboxylic acids is 1. The van der Waals surface area contributed by atoms with Gasteiger partial charge in [-0.25, -0.2) is 4.98 Å². The van der Waals surface area contributed by atoms with Gasteiger partial charge in [-0.05, 0) is 12.1 Å². The molecular formula is C13H14N4O2S. The molecule has 1 aromatic heterocycles. The van der Waals surface area contributed by atoms with E-state index in [0.717, 1.165) is 11.0 Å². The Bertz CT molecular complexity index is 616. The van der Waals surface area contributed by atoms with Crippen LogP contribution in [0.25, 0.3) is 11.0 Å². The van der Waals surface area contributed by atoms with Crippen molar-refractivity contribution in [1.29, 1.82) is 0 Å². The van der Waals surface area contributed by atoms with Gasteiger partial charge in [0.15, 0.2) is 4.99 Å². The number of hydrogen-bond donors (Lipinski definition) is 2. The van der Waals surface area contributed by atoms with E-state index >= 15 is 0 Å². The smallest absolute Gasteiger partial charge is 0.285 e. The monoisotopic (exact) mass is 290 g/mol. The molecule has 20 heavy (non-hydrogen) atoms. The topological polar surface area (TPSA) is 70.2 Å². The van der Waals surface area contributed by atoms with Gasteiger partial charge in [0.2, 0.25) is 5.95 Å². The van der Waals surface area contributed by atoms with Crippen LogP contribution in [-0.4, -0.2) is 52.1 Å². The molecule has 1 aliphatic heterocycles. The molecule has 7 heteroatoms. The van der Waals surface area contributed by atoms with Crippen molar-refractivity contribution in [1.82, 2.24) is 14.9 Å². The number of anilines is 1. The molecule has 1 saturated heterocycles. The summed E-state index contributed by atoms with van der Waals surface area (Å²) in [5.74, 6) is 0.0905. The molecule has 2 N–H and O–H groups in total. The normalized spacial score (nSPS) is 15.3. The first kappa shape index (κ1) is 13.0. The SMILES string of the molecule is O=C(Nc1nc2ccccc2[nH]1)C(=S)N1CCOCC1. The van der Waals surface area contributed by atoms with E-state index in [0.29, 0.717) is 32.3 Å². The van der Waals surface area contributed by atoms with Crippen molar-refractivity contribution >= 4 is 40.1 Å². The van der Waals surface area contributed by atoms with Gasteiger partial charge in [-0.3, -0.25) is 10.1 Å². The number of aromatic amines is 1. The van der Waals surface area contributed by atoms with Crippen molar-refractivity contribution in [2.24, 2.45) is 0 Å². The number of nitrogens with one attached hydrogen (secondary N) is 2. The number of para-hydroxylation sites is 2. The zero-order valence-electron chi connectivity index (χ0n) is 10.8. The van der Waals surface area contributed by atoms with Crippen molar-refractivity contribution < 1.29 is 9.53 Å². The number of thiocarbonyl (C=S) groups is 1. The highest BCUT2D eigenvalue weighted by atomic mass is 32.1. The second kappa shape index (κ2) is 5.56. The maximum atomic E-state index is 12.1. The molecule has 0 spiro atoms. The molecule has 2 heterocycles. The van der Waals surface area contributed by atoms with Gasteiger partial charge in [-0.2, -0.15) is 0 Å². The lowest BCUT2D eigenvalue weighted by Crippen LogP contribution is -2.44. The summed E-state index contributed by atoms with van der Waals surface area (Å²) in [5, 5.41) is 2.70. The third kappa shape index (κ3) is 2.63.